The first-order valence-corrected chi connectivity index (χ1v) is 8.13. The van der Waals surface area contributed by atoms with Crippen molar-refractivity contribution in [2.24, 2.45) is 0 Å². The van der Waals surface area contributed by atoms with E-state index in [0.29, 0.717) is 17.1 Å². The van der Waals surface area contributed by atoms with E-state index < -0.39 is 0 Å². The Labute approximate surface area is 147 Å². The molecule has 1 atom stereocenters. The molecule has 0 saturated carbocycles. The average molecular weight is 342 g/mol. The second-order valence-electron chi connectivity index (χ2n) is 5.78. The van der Waals surface area contributed by atoms with Crippen LogP contribution in [0.15, 0.2) is 48.5 Å². The third-order valence-electron chi connectivity index (χ3n) is 3.78. The Kier molecular flexibility index (Phi) is 6.54. The molecule has 0 bridgehead atoms. The maximum Gasteiger partial charge on any atom is 0.279 e. The van der Waals surface area contributed by atoms with E-state index in [0.717, 1.165) is 0 Å². The summed E-state index contributed by atoms with van der Waals surface area (Å²) in [6.07, 6.45) is 0. The molecular formula is C19H24N3O3+. The molecule has 0 saturated heterocycles. The van der Waals surface area contributed by atoms with Gasteiger partial charge in [0.05, 0.1) is 12.8 Å². The topological polar surface area (TPSA) is 84.0 Å². The molecule has 0 aliphatic heterocycles. The number of carbonyl (C=O) groups excluding carboxylic acids is 2. The van der Waals surface area contributed by atoms with Crippen molar-refractivity contribution in [1.29, 1.82) is 0 Å². The lowest BCUT2D eigenvalue weighted by Crippen LogP contribution is -2.86. The smallest absolute Gasteiger partial charge is 0.279 e. The minimum atomic E-state index is -0.174. The highest BCUT2D eigenvalue weighted by Crippen LogP contribution is 2.27. The van der Waals surface area contributed by atoms with Gasteiger partial charge in [-0.15, -0.1) is 0 Å². The molecule has 0 unspecified atom stereocenters. The number of carbonyl (C=O) groups is 2. The van der Waals surface area contributed by atoms with Gasteiger partial charge in [-0.2, -0.15) is 0 Å². The number of methoxy groups -OCH3 is 1. The van der Waals surface area contributed by atoms with E-state index in [4.69, 9.17) is 4.74 Å². The summed E-state index contributed by atoms with van der Waals surface area (Å²) in [6, 6.07) is 15.3. The van der Waals surface area contributed by atoms with Crippen LogP contribution in [-0.4, -0.2) is 25.5 Å². The van der Waals surface area contributed by atoms with E-state index in [9.17, 15) is 9.59 Å². The lowest BCUT2D eigenvalue weighted by molar-refractivity contribution is -0.682. The van der Waals surface area contributed by atoms with E-state index in [1.807, 2.05) is 35.6 Å². The van der Waals surface area contributed by atoms with E-state index >= 15 is 0 Å². The van der Waals surface area contributed by atoms with Crippen molar-refractivity contribution >= 4 is 23.2 Å². The molecule has 6 nitrogen and oxygen atoms in total. The number of hydrogen-bond acceptors (Lipinski definition) is 3. The minimum absolute atomic E-state index is 0.138. The summed E-state index contributed by atoms with van der Waals surface area (Å²) in [4.78, 5) is 23.4. The Morgan fingerprint density at radius 2 is 1.84 bits per heavy atom. The molecule has 0 aliphatic rings. The van der Waals surface area contributed by atoms with Gasteiger partial charge in [0.15, 0.2) is 6.54 Å². The number of hydrogen-bond donors (Lipinski definition) is 3. The van der Waals surface area contributed by atoms with Crippen LogP contribution in [0.3, 0.4) is 0 Å². The van der Waals surface area contributed by atoms with Gasteiger partial charge >= 0.3 is 0 Å². The van der Waals surface area contributed by atoms with E-state index in [-0.39, 0.29) is 24.4 Å². The van der Waals surface area contributed by atoms with Gasteiger partial charge in [-0.25, -0.2) is 0 Å². The summed E-state index contributed by atoms with van der Waals surface area (Å²) >= 11 is 0. The molecule has 132 valence electrons. The largest absolute Gasteiger partial charge is 0.495 e. The molecule has 2 aromatic carbocycles. The zero-order valence-corrected chi connectivity index (χ0v) is 14.7. The highest BCUT2D eigenvalue weighted by atomic mass is 16.5. The van der Waals surface area contributed by atoms with Crippen LogP contribution in [0.4, 0.5) is 11.4 Å². The van der Waals surface area contributed by atoms with Crippen LogP contribution in [-0.2, 0) is 9.59 Å². The average Bonchev–Trinajstić information content (AvgIpc) is 2.60. The van der Waals surface area contributed by atoms with Crippen LogP contribution in [0.2, 0.25) is 0 Å². The third kappa shape index (κ3) is 5.61. The molecule has 0 spiro atoms. The molecule has 2 aromatic rings. The molecule has 0 fully saturated rings. The first-order valence-electron chi connectivity index (χ1n) is 8.13. The van der Waals surface area contributed by atoms with Crippen LogP contribution < -0.4 is 20.7 Å². The lowest BCUT2D eigenvalue weighted by atomic mass is 10.1. The van der Waals surface area contributed by atoms with Crippen molar-refractivity contribution in [2.45, 2.75) is 19.9 Å². The fraction of sp³-hybridized carbons (Fsp3) is 0.263. The van der Waals surface area contributed by atoms with Gasteiger partial charge in [0.2, 0.25) is 5.91 Å². The third-order valence-corrected chi connectivity index (χ3v) is 3.78. The van der Waals surface area contributed by atoms with Crippen LogP contribution in [0.1, 0.15) is 25.5 Å². The van der Waals surface area contributed by atoms with Crippen molar-refractivity contribution in [3.8, 4) is 5.75 Å². The van der Waals surface area contributed by atoms with Crippen LogP contribution in [0.25, 0.3) is 0 Å². The highest BCUT2D eigenvalue weighted by molar-refractivity contribution is 5.95. The molecule has 25 heavy (non-hydrogen) atoms. The number of anilines is 2. The van der Waals surface area contributed by atoms with Crippen LogP contribution in [0, 0.1) is 0 Å². The molecular weight excluding hydrogens is 318 g/mol. The van der Waals surface area contributed by atoms with E-state index in [2.05, 4.69) is 17.6 Å². The Morgan fingerprint density at radius 1 is 1.12 bits per heavy atom. The first kappa shape index (κ1) is 18.5. The minimum Gasteiger partial charge on any atom is -0.495 e. The lowest BCUT2D eigenvalue weighted by Gasteiger charge is -2.14. The van der Waals surface area contributed by atoms with Gasteiger partial charge in [0, 0.05) is 18.2 Å². The number of amides is 2. The molecule has 0 aromatic heterocycles. The van der Waals surface area contributed by atoms with Crippen molar-refractivity contribution in [3.63, 3.8) is 0 Å². The van der Waals surface area contributed by atoms with Gasteiger partial charge in [-0.05, 0) is 25.1 Å². The molecule has 0 radical (unpaired) electrons. The second kappa shape index (κ2) is 8.84. The maximum atomic E-state index is 12.3. The zero-order valence-electron chi connectivity index (χ0n) is 14.7. The Morgan fingerprint density at radius 3 is 2.48 bits per heavy atom. The second-order valence-corrected chi connectivity index (χ2v) is 5.78. The molecule has 2 amide bonds. The first-order chi connectivity index (χ1) is 12.0. The van der Waals surface area contributed by atoms with Gasteiger partial charge in [0.1, 0.15) is 11.8 Å². The Bertz CT molecular complexity index is 732. The summed E-state index contributed by atoms with van der Waals surface area (Å²) in [5.74, 6) is 0.229. The summed E-state index contributed by atoms with van der Waals surface area (Å²) in [6.45, 7) is 3.77. The number of rotatable bonds is 7. The number of benzene rings is 2. The Balaban J connectivity index is 1.98. The number of nitrogens with one attached hydrogen (secondary N) is 2. The highest BCUT2D eigenvalue weighted by Gasteiger charge is 2.13. The summed E-state index contributed by atoms with van der Waals surface area (Å²) in [5, 5.41) is 7.49. The van der Waals surface area contributed by atoms with Gasteiger partial charge in [-0.1, -0.05) is 30.3 Å². The van der Waals surface area contributed by atoms with Crippen molar-refractivity contribution < 1.29 is 19.6 Å². The number of quaternary nitrogens is 1. The van der Waals surface area contributed by atoms with Crippen LogP contribution in [0.5, 0.6) is 5.75 Å². The summed E-state index contributed by atoms with van der Waals surface area (Å²) in [7, 11) is 1.53. The fourth-order valence-electron chi connectivity index (χ4n) is 2.46. The van der Waals surface area contributed by atoms with Gasteiger partial charge in [-0.3, -0.25) is 9.59 Å². The van der Waals surface area contributed by atoms with Crippen LogP contribution >= 0.6 is 0 Å². The van der Waals surface area contributed by atoms with Gasteiger partial charge < -0.3 is 20.7 Å². The number of ether oxygens (including phenoxy) is 1. The normalized spacial score (nSPS) is 11.5. The van der Waals surface area contributed by atoms with Crippen molar-refractivity contribution in [2.75, 3.05) is 24.3 Å². The Hall–Kier alpha value is -2.86. The predicted molar refractivity (Wildman–Crippen MR) is 97.6 cm³/mol. The molecule has 0 heterocycles. The maximum absolute atomic E-state index is 12.3. The van der Waals surface area contributed by atoms with Gasteiger partial charge in [0.25, 0.3) is 5.91 Å². The molecule has 4 N–H and O–H groups in total. The summed E-state index contributed by atoms with van der Waals surface area (Å²) in [5.41, 5.74) is 2.30. The molecule has 6 heteroatoms. The molecule has 0 aliphatic carbocycles. The van der Waals surface area contributed by atoms with Crippen molar-refractivity contribution in [1.82, 2.24) is 0 Å². The van der Waals surface area contributed by atoms with E-state index in [1.165, 1.54) is 19.6 Å². The SMILES string of the molecule is COc1ccc(NC(C)=O)cc1NC(=O)C[NH2+][C@@H](C)c1ccccc1. The monoisotopic (exact) mass is 342 g/mol. The zero-order chi connectivity index (χ0) is 18.2. The quantitative estimate of drug-likeness (QED) is 0.719. The fourth-order valence-corrected chi connectivity index (χ4v) is 2.46. The summed E-state index contributed by atoms with van der Waals surface area (Å²) < 4.78 is 5.26. The van der Waals surface area contributed by atoms with Crippen molar-refractivity contribution in [3.05, 3.63) is 54.1 Å². The predicted octanol–water partition coefficient (Wildman–Crippen LogP) is 1.92. The standard InChI is InChI=1S/C19H23N3O3/c1-13(15-7-5-4-6-8-15)20-12-19(24)22-17-11-16(21-14(2)23)9-10-18(17)25-3/h4-11,13,20H,12H2,1-3H3,(H,21,23)(H,22,24)/p+1/t13-/m0/s1. The molecule has 2 rings (SSSR count). The number of nitrogens with two attached hydrogens (primary N) is 1. The van der Waals surface area contributed by atoms with E-state index in [1.54, 1.807) is 18.2 Å².